The number of nitrogens with zero attached hydrogens (tertiary/aromatic N) is 1. The molecule has 0 fully saturated rings. The molecule has 3 aromatic rings. The second-order valence-electron chi connectivity index (χ2n) is 6.79. The average molecular weight is 565 g/mol. The van der Waals surface area contributed by atoms with Gasteiger partial charge in [0.05, 0.1) is 23.3 Å². The number of non-ortho nitro benzene ring substituents is 1. The molecule has 0 bridgehead atoms. The third-order valence-electron chi connectivity index (χ3n) is 4.47. The molecule has 11 heteroatoms. The Labute approximate surface area is 212 Å². The van der Waals surface area contributed by atoms with E-state index < -0.39 is 16.7 Å². The first-order valence-corrected chi connectivity index (χ1v) is 11.1. The van der Waals surface area contributed by atoms with E-state index in [0.717, 1.165) is 0 Å². The van der Waals surface area contributed by atoms with Crippen molar-refractivity contribution in [3.8, 4) is 5.75 Å². The molecule has 0 atom stereocenters. The van der Waals surface area contributed by atoms with Crippen LogP contribution < -0.4 is 15.4 Å². The second-order valence-corrected chi connectivity index (χ2v) is 8.51. The number of amides is 2. The lowest BCUT2D eigenvalue weighted by atomic mass is 10.1. The number of ether oxygens (including phenoxy) is 1. The number of hydrogen-bond acceptors (Lipinski definition) is 5. The standard InChI is InChI=1S/C23H16BrCl2N3O5/c1-34-21-8-6-14(25)11-17(21)22(30)28-20(10-13-3-2-4-16(9-13)29(32)33)23(31)27-19-12-15(26)5-7-18(19)24/h2-12H,1H3,(H,27,31)(H,28,30)/b20-10-. The topological polar surface area (TPSA) is 111 Å². The summed E-state index contributed by atoms with van der Waals surface area (Å²) >= 11 is 15.4. The summed E-state index contributed by atoms with van der Waals surface area (Å²) in [6.07, 6.45) is 1.32. The molecule has 0 heterocycles. The van der Waals surface area contributed by atoms with E-state index in [1.54, 1.807) is 24.3 Å². The van der Waals surface area contributed by atoms with Gasteiger partial charge in [-0.05, 0) is 64.0 Å². The number of rotatable bonds is 7. The number of nitrogens with one attached hydrogen (secondary N) is 2. The quantitative estimate of drug-likeness (QED) is 0.205. The Kier molecular flexibility index (Phi) is 8.27. The van der Waals surface area contributed by atoms with Crippen LogP contribution in [0, 0.1) is 10.1 Å². The van der Waals surface area contributed by atoms with Crippen LogP contribution in [0.5, 0.6) is 5.75 Å². The van der Waals surface area contributed by atoms with Crippen LogP contribution >= 0.6 is 39.1 Å². The number of carbonyl (C=O) groups excluding carboxylic acids is 2. The van der Waals surface area contributed by atoms with E-state index >= 15 is 0 Å². The summed E-state index contributed by atoms with van der Waals surface area (Å²) in [6, 6.07) is 14.9. The first-order chi connectivity index (χ1) is 16.2. The summed E-state index contributed by atoms with van der Waals surface area (Å²) < 4.78 is 5.77. The molecule has 3 rings (SSSR count). The van der Waals surface area contributed by atoms with Crippen LogP contribution in [0.4, 0.5) is 11.4 Å². The Balaban J connectivity index is 2.01. The minimum absolute atomic E-state index is 0.0941. The van der Waals surface area contributed by atoms with Gasteiger partial charge in [0.15, 0.2) is 0 Å². The lowest BCUT2D eigenvalue weighted by Gasteiger charge is -2.14. The molecule has 174 valence electrons. The number of benzene rings is 3. The Morgan fingerprint density at radius 3 is 2.47 bits per heavy atom. The fourth-order valence-corrected chi connectivity index (χ4v) is 3.57. The van der Waals surface area contributed by atoms with Gasteiger partial charge in [-0.15, -0.1) is 0 Å². The van der Waals surface area contributed by atoms with Crippen LogP contribution in [0.2, 0.25) is 10.0 Å². The fraction of sp³-hybridized carbons (Fsp3) is 0.0435. The molecule has 0 aliphatic carbocycles. The molecule has 0 unspecified atom stereocenters. The van der Waals surface area contributed by atoms with E-state index in [0.29, 0.717) is 25.8 Å². The van der Waals surface area contributed by atoms with E-state index in [9.17, 15) is 19.7 Å². The van der Waals surface area contributed by atoms with Gasteiger partial charge in [-0.25, -0.2) is 0 Å². The molecule has 2 N–H and O–H groups in total. The average Bonchev–Trinajstić information content (AvgIpc) is 2.81. The van der Waals surface area contributed by atoms with Crippen molar-refractivity contribution in [3.05, 3.63) is 102 Å². The summed E-state index contributed by atoms with van der Waals surface area (Å²) in [5, 5.41) is 17.0. The summed E-state index contributed by atoms with van der Waals surface area (Å²) in [5.74, 6) is -1.12. The van der Waals surface area contributed by atoms with Crippen LogP contribution in [0.15, 0.2) is 70.8 Å². The van der Waals surface area contributed by atoms with Crippen molar-refractivity contribution in [1.82, 2.24) is 5.32 Å². The number of halogens is 3. The molecule has 8 nitrogen and oxygen atoms in total. The van der Waals surface area contributed by atoms with E-state index in [2.05, 4.69) is 26.6 Å². The number of methoxy groups -OCH3 is 1. The summed E-state index contributed by atoms with van der Waals surface area (Å²) in [5.41, 5.74) is 0.421. The van der Waals surface area contributed by atoms with Gasteiger partial charge in [-0.3, -0.25) is 19.7 Å². The van der Waals surface area contributed by atoms with Gasteiger partial charge in [-0.1, -0.05) is 35.3 Å². The first-order valence-electron chi connectivity index (χ1n) is 9.55. The highest BCUT2D eigenvalue weighted by atomic mass is 79.9. The number of carbonyl (C=O) groups is 2. The van der Waals surface area contributed by atoms with Gasteiger partial charge in [0.2, 0.25) is 0 Å². The van der Waals surface area contributed by atoms with Crippen LogP contribution in [0.25, 0.3) is 6.08 Å². The predicted octanol–water partition coefficient (Wildman–Crippen LogP) is 6.08. The van der Waals surface area contributed by atoms with Crippen LogP contribution in [0.3, 0.4) is 0 Å². The normalized spacial score (nSPS) is 11.0. The molecule has 3 aromatic carbocycles. The lowest BCUT2D eigenvalue weighted by Crippen LogP contribution is -2.31. The van der Waals surface area contributed by atoms with Crippen molar-refractivity contribution in [3.63, 3.8) is 0 Å². The minimum Gasteiger partial charge on any atom is -0.496 e. The van der Waals surface area contributed by atoms with Crippen LogP contribution in [-0.4, -0.2) is 23.8 Å². The van der Waals surface area contributed by atoms with Gasteiger partial charge < -0.3 is 15.4 Å². The highest BCUT2D eigenvalue weighted by molar-refractivity contribution is 9.10. The van der Waals surface area contributed by atoms with Gasteiger partial charge in [0.25, 0.3) is 17.5 Å². The molecule has 0 spiro atoms. The number of nitro benzene ring substituents is 1. The lowest BCUT2D eigenvalue weighted by molar-refractivity contribution is -0.384. The van der Waals surface area contributed by atoms with E-state index in [4.69, 9.17) is 27.9 Å². The van der Waals surface area contributed by atoms with Gasteiger partial charge in [0.1, 0.15) is 11.4 Å². The zero-order valence-corrected chi connectivity index (χ0v) is 20.6. The third-order valence-corrected chi connectivity index (χ3v) is 5.63. The monoisotopic (exact) mass is 563 g/mol. The van der Waals surface area contributed by atoms with Gasteiger partial charge >= 0.3 is 0 Å². The smallest absolute Gasteiger partial charge is 0.272 e. The van der Waals surface area contributed by atoms with Gasteiger partial charge in [0, 0.05) is 26.7 Å². The maximum absolute atomic E-state index is 13.1. The van der Waals surface area contributed by atoms with E-state index in [1.165, 1.54) is 49.6 Å². The molecular weight excluding hydrogens is 549 g/mol. The summed E-state index contributed by atoms with van der Waals surface area (Å²) in [7, 11) is 1.39. The highest BCUT2D eigenvalue weighted by Crippen LogP contribution is 2.27. The SMILES string of the molecule is COc1ccc(Cl)cc1C(=O)N/C(=C\c1cccc([N+](=O)[O-])c1)C(=O)Nc1cc(Cl)ccc1Br. The number of hydrogen-bond donors (Lipinski definition) is 2. The van der Waals surface area contributed by atoms with Crippen molar-refractivity contribution in [2.75, 3.05) is 12.4 Å². The predicted molar refractivity (Wildman–Crippen MR) is 134 cm³/mol. The van der Waals surface area contributed by atoms with Crippen LogP contribution in [0.1, 0.15) is 15.9 Å². The van der Waals surface area contributed by atoms with Crippen molar-refractivity contribution in [2.45, 2.75) is 0 Å². The van der Waals surface area contributed by atoms with Crippen molar-refractivity contribution >= 4 is 68.4 Å². The third kappa shape index (κ3) is 6.34. The molecule has 0 aliphatic heterocycles. The molecule has 2 amide bonds. The zero-order chi connectivity index (χ0) is 24.8. The Morgan fingerprint density at radius 2 is 1.76 bits per heavy atom. The molecular formula is C23H16BrCl2N3O5. The maximum atomic E-state index is 13.1. The number of nitro groups is 1. The van der Waals surface area contributed by atoms with Crippen molar-refractivity contribution in [2.24, 2.45) is 0 Å². The van der Waals surface area contributed by atoms with E-state index in [-0.39, 0.29) is 22.7 Å². The summed E-state index contributed by atoms with van der Waals surface area (Å²) in [4.78, 5) is 36.7. The molecule has 0 aliphatic rings. The highest BCUT2D eigenvalue weighted by Gasteiger charge is 2.19. The zero-order valence-electron chi connectivity index (χ0n) is 17.5. The van der Waals surface area contributed by atoms with Crippen molar-refractivity contribution in [1.29, 1.82) is 0 Å². The Hall–Kier alpha value is -3.40. The summed E-state index contributed by atoms with van der Waals surface area (Å²) in [6.45, 7) is 0. The number of anilines is 1. The Bertz CT molecular complexity index is 1310. The minimum atomic E-state index is -0.691. The van der Waals surface area contributed by atoms with E-state index in [1.807, 2.05) is 0 Å². The van der Waals surface area contributed by atoms with Crippen molar-refractivity contribution < 1.29 is 19.2 Å². The fourth-order valence-electron chi connectivity index (χ4n) is 2.88. The van der Waals surface area contributed by atoms with Crippen LogP contribution in [-0.2, 0) is 4.79 Å². The molecule has 34 heavy (non-hydrogen) atoms. The molecule has 0 aromatic heterocycles. The first kappa shape index (κ1) is 25.2. The Morgan fingerprint density at radius 1 is 1.06 bits per heavy atom. The second kappa shape index (κ2) is 11.1. The largest absolute Gasteiger partial charge is 0.496 e. The van der Waals surface area contributed by atoms with Gasteiger partial charge in [-0.2, -0.15) is 0 Å². The maximum Gasteiger partial charge on any atom is 0.272 e. The molecule has 0 saturated heterocycles. The molecule has 0 saturated carbocycles. The molecule has 0 radical (unpaired) electrons.